The van der Waals surface area contributed by atoms with E-state index in [1.807, 2.05) is 30.3 Å². The topological polar surface area (TPSA) is 79.0 Å². The summed E-state index contributed by atoms with van der Waals surface area (Å²) in [4.78, 5) is 41.2. The minimum absolute atomic E-state index is 0.110. The van der Waals surface area contributed by atoms with E-state index in [9.17, 15) is 18.8 Å². The van der Waals surface area contributed by atoms with Gasteiger partial charge in [0.05, 0.1) is 6.54 Å². The monoisotopic (exact) mass is 419 g/mol. The third-order valence-corrected chi connectivity index (χ3v) is 5.25. The zero-order valence-electron chi connectivity index (χ0n) is 17.8. The minimum atomic E-state index is -1.31. The molecule has 1 aromatic carbocycles. The van der Waals surface area contributed by atoms with Gasteiger partial charge >= 0.3 is 6.09 Å². The Morgan fingerprint density at radius 1 is 1.20 bits per heavy atom. The molecule has 0 spiro atoms. The molecule has 0 bridgehead atoms. The third-order valence-electron chi connectivity index (χ3n) is 5.25. The Hall–Kier alpha value is -2.64. The summed E-state index contributed by atoms with van der Waals surface area (Å²) in [5, 5.41) is 2.78. The first-order chi connectivity index (χ1) is 14.1. The highest BCUT2D eigenvalue weighted by Crippen LogP contribution is 2.24. The van der Waals surface area contributed by atoms with Crippen molar-refractivity contribution in [1.82, 2.24) is 15.1 Å². The number of amides is 3. The first-order valence-corrected chi connectivity index (χ1v) is 10.4. The lowest BCUT2D eigenvalue weighted by molar-refractivity contribution is -0.140. The highest BCUT2D eigenvalue weighted by molar-refractivity contribution is 5.92. The molecular weight excluding hydrogens is 389 g/mol. The van der Waals surface area contributed by atoms with Crippen molar-refractivity contribution in [2.45, 2.75) is 63.9 Å². The van der Waals surface area contributed by atoms with Crippen LogP contribution in [0.1, 0.15) is 39.2 Å². The van der Waals surface area contributed by atoms with E-state index in [0.29, 0.717) is 19.5 Å². The molecule has 3 amide bonds. The molecule has 3 rings (SSSR count). The SMILES string of the molecule is CC(C)(C)OC(=O)N1C[C@@H](F)C[C@H]1C(=O)N[C@@H](Cc1ccccc1)C(=O)N1CCC1. The van der Waals surface area contributed by atoms with E-state index in [1.54, 1.807) is 25.7 Å². The van der Waals surface area contributed by atoms with Crippen molar-refractivity contribution in [2.75, 3.05) is 19.6 Å². The van der Waals surface area contributed by atoms with Crippen molar-refractivity contribution >= 4 is 17.9 Å². The lowest BCUT2D eigenvalue weighted by Gasteiger charge is -2.35. The minimum Gasteiger partial charge on any atom is -0.444 e. The molecule has 2 heterocycles. The quantitative estimate of drug-likeness (QED) is 0.794. The van der Waals surface area contributed by atoms with E-state index in [2.05, 4.69) is 5.32 Å². The average Bonchev–Trinajstić information content (AvgIpc) is 3.01. The van der Waals surface area contributed by atoms with Crippen molar-refractivity contribution in [3.8, 4) is 0 Å². The molecule has 0 aromatic heterocycles. The van der Waals surface area contributed by atoms with Crippen LogP contribution in [0.3, 0.4) is 0 Å². The van der Waals surface area contributed by atoms with Crippen molar-refractivity contribution in [3.63, 3.8) is 0 Å². The van der Waals surface area contributed by atoms with E-state index in [1.165, 1.54) is 0 Å². The van der Waals surface area contributed by atoms with E-state index in [-0.39, 0.29) is 18.9 Å². The van der Waals surface area contributed by atoms with Gasteiger partial charge in [0.15, 0.2) is 0 Å². The molecule has 1 N–H and O–H groups in total. The van der Waals surface area contributed by atoms with E-state index < -0.39 is 35.9 Å². The van der Waals surface area contributed by atoms with E-state index >= 15 is 0 Å². The van der Waals surface area contributed by atoms with Crippen LogP contribution in [0.25, 0.3) is 0 Å². The molecule has 7 nitrogen and oxygen atoms in total. The van der Waals surface area contributed by atoms with Crippen LogP contribution >= 0.6 is 0 Å². The fourth-order valence-corrected chi connectivity index (χ4v) is 3.63. The highest BCUT2D eigenvalue weighted by atomic mass is 19.1. The maximum Gasteiger partial charge on any atom is 0.411 e. The second-order valence-corrected chi connectivity index (χ2v) is 8.91. The van der Waals surface area contributed by atoms with Crippen molar-refractivity contribution in [2.24, 2.45) is 0 Å². The lowest BCUT2D eigenvalue weighted by atomic mass is 10.0. The molecule has 164 valence electrons. The van der Waals surface area contributed by atoms with Gasteiger partial charge < -0.3 is 15.0 Å². The average molecular weight is 419 g/mol. The Labute approximate surface area is 176 Å². The fourth-order valence-electron chi connectivity index (χ4n) is 3.63. The van der Waals surface area contributed by atoms with Gasteiger partial charge in [-0.2, -0.15) is 0 Å². The summed E-state index contributed by atoms with van der Waals surface area (Å²) >= 11 is 0. The standard InChI is InChI=1S/C22H30FN3O4/c1-22(2,3)30-21(29)26-14-16(23)13-18(26)19(27)24-17(20(28)25-10-7-11-25)12-15-8-5-4-6-9-15/h4-6,8-9,16-18H,7,10-14H2,1-3H3,(H,24,27)/t16-,17-,18-/m0/s1. The lowest BCUT2D eigenvalue weighted by Crippen LogP contribution is -2.57. The summed E-state index contributed by atoms with van der Waals surface area (Å²) < 4.78 is 19.4. The second-order valence-electron chi connectivity index (χ2n) is 8.91. The summed E-state index contributed by atoms with van der Waals surface area (Å²) in [5.74, 6) is -0.687. The van der Waals surface area contributed by atoms with Crippen LogP contribution in [0.4, 0.5) is 9.18 Å². The van der Waals surface area contributed by atoms with Crippen LogP contribution < -0.4 is 5.32 Å². The molecule has 2 fully saturated rings. The fraction of sp³-hybridized carbons (Fsp3) is 0.591. The number of carbonyl (C=O) groups is 3. The molecule has 2 saturated heterocycles. The van der Waals surface area contributed by atoms with Crippen molar-refractivity contribution < 1.29 is 23.5 Å². The van der Waals surface area contributed by atoms with Gasteiger partial charge in [0.25, 0.3) is 0 Å². The molecule has 2 aliphatic heterocycles. The van der Waals surface area contributed by atoms with Crippen LogP contribution in [-0.2, 0) is 20.7 Å². The number of rotatable bonds is 5. The first-order valence-electron chi connectivity index (χ1n) is 10.4. The first kappa shape index (κ1) is 22.1. The number of benzene rings is 1. The van der Waals surface area contributed by atoms with Gasteiger partial charge in [-0.3, -0.25) is 14.5 Å². The zero-order valence-corrected chi connectivity index (χ0v) is 17.8. The summed E-state index contributed by atoms with van der Waals surface area (Å²) in [6.45, 7) is 6.27. The second kappa shape index (κ2) is 9.02. The number of hydrogen-bond acceptors (Lipinski definition) is 4. The smallest absolute Gasteiger partial charge is 0.411 e. The summed E-state index contributed by atoms with van der Waals surface area (Å²) in [7, 11) is 0. The Kier molecular flexibility index (Phi) is 6.63. The van der Waals surface area contributed by atoms with Crippen LogP contribution in [0.15, 0.2) is 30.3 Å². The molecule has 2 aliphatic rings. The number of nitrogens with zero attached hydrogens (tertiary/aromatic N) is 2. The van der Waals surface area contributed by atoms with Gasteiger partial charge in [-0.05, 0) is 32.8 Å². The van der Waals surface area contributed by atoms with Crippen LogP contribution in [0.5, 0.6) is 0 Å². The maximum atomic E-state index is 14.1. The van der Waals surface area contributed by atoms with Gasteiger partial charge in [0.1, 0.15) is 23.9 Å². The molecule has 3 atom stereocenters. The van der Waals surface area contributed by atoms with Crippen LogP contribution in [0, 0.1) is 0 Å². The van der Waals surface area contributed by atoms with E-state index in [0.717, 1.165) is 16.9 Å². The molecule has 1 aromatic rings. The number of carbonyl (C=O) groups excluding carboxylic acids is 3. The molecule has 0 saturated carbocycles. The number of likely N-dealkylation sites (tertiary alicyclic amines) is 2. The van der Waals surface area contributed by atoms with Gasteiger partial charge in [0.2, 0.25) is 11.8 Å². The number of ether oxygens (including phenoxy) is 1. The molecular formula is C22H30FN3O4. The predicted octanol–water partition coefficient (Wildman–Crippen LogP) is 2.29. The Morgan fingerprint density at radius 2 is 1.87 bits per heavy atom. The van der Waals surface area contributed by atoms with Crippen molar-refractivity contribution in [1.29, 1.82) is 0 Å². The molecule has 30 heavy (non-hydrogen) atoms. The predicted molar refractivity (Wildman–Crippen MR) is 110 cm³/mol. The van der Waals surface area contributed by atoms with Gasteiger partial charge in [0, 0.05) is 25.9 Å². The maximum absolute atomic E-state index is 14.1. The third kappa shape index (κ3) is 5.49. The molecule has 0 radical (unpaired) electrons. The number of halogens is 1. The molecule has 8 heteroatoms. The largest absolute Gasteiger partial charge is 0.444 e. The Morgan fingerprint density at radius 3 is 2.43 bits per heavy atom. The number of nitrogens with one attached hydrogen (secondary N) is 1. The zero-order chi connectivity index (χ0) is 21.9. The summed E-state index contributed by atoms with van der Waals surface area (Å²) in [6, 6.07) is 7.64. The normalized spacial score (nSPS) is 22.3. The number of alkyl halides is 1. The van der Waals surface area contributed by atoms with Crippen LogP contribution in [0.2, 0.25) is 0 Å². The van der Waals surface area contributed by atoms with Gasteiger partial charge in [-0.15, -0.1) is 0 Å². The molecule has 0 unspecified atom stereocenters. The highest BCUT2D eigenvalue weighted by Gasteiger charge is 2.43. The van der Waals surface area contributed by atoms with Gasteiger partial charge in [-0.25, -0.2) is 9.18 Å². The van der Waals surface area contributed by atoms with Crippen molar-refractivity contribution in [3.05, 3.63) is 35.9 Å². The summed E-state index contributed by atoms with van der Waals surface area (Å²) in [6.07, 6.45) is -0.874. The van der Waals surface area contributed by atoms with Gasteiger partial charge in [-0.1, -0.05) is 30.3 Å². The Balaban J connectivity index is 1.72. The number of hydrogen-bond donors (Lipinski definition) is 1. The van der Waals surface area contributed by atoms with E-state index in [4.69, 9.17) is 4.74 Å². The van der Waals surface area contributed by atoms with Crippen LogP contribution in [-0.4, -0.2) is 71.2 Å². The Bertz CT molecular complexity index is 776. The molecule has 0 aliphatic carbocycles. The summed E-state index contributed by atoms with van der Waals surface area (Å²) in [5.41, 5.74) is 0.158.